The maximum atomic E-state index is 14.1. The highest BCUT2D eigenvalue weighted by molar-refractivity contribution is 5.97. The van der Waals surface area contributed by atoms with Gasteiger partial charge >= 0.3 is 0 Å². The van der Waals surface area contributed by atoms with Gasteiger partial charge in [-0.1, -0.05) is 26.0 Å². The standard InChI is InChI=1S/C31H40FN7O2/c1-20-13-37(24(12-33-20)14-36-15-25-8-9-26(16-36)41-25)17-28(40)38-18-31(2,3)29-27(38)11-22(30-34-19-35-39(29)30)10-21-4-6-23(32)7-5-21/h4-7,11,19-20,24-26,33H,8-10,12-18H2,1-3H3/t20-,24-,25?,26?/m1/s1. The van der Waals surface area contributed by atoms with E-state index in [-0.39, 0.29) is 23.2 Å². The second-order valence-corrected chi connectivity index (χ2v) is 13.1. The van der Waals surface area contributed by atoms with E-state index >= 15 is 0 Å². The predicted molar refractivity (Wildman–Crippen MR) is 155 cm³/mol. The average molecular weight is 562 g/mol. The molecule has 0 aliphatic carbocycles. The first-order valence-corrected chi connectivity index (χ1v) is 15.0. The lowest BCUT2D eigenvalue weighted by atomic mass is 9.90. The Morgan fingerprint density at radius 3 is 2.66 bits per heavy atom. The van der Waals surface area contributed by atoms with E-state index in [0.29, 0.717) is 37.8 Å². The van der Waals surface area contributed by atoms with E-state index in [4.69, 9.17) is 4.74 Å². The second-order valence-electron chi connectivity index (χ2n) is 13.1. The zero-order chi connectivity index (χ0) is 28.3. The molecule has 1 N–H and O–H groups in total. The fraction of sp³-hybridized carbons (Fsp3) is 0.581. The number of piperazine rings is 1. The van der Waals surface area contributed by atoms with Gasteiger partial charge in [-0.15, -0.1) is 0 Å². The van der Waals surface area contributed by atoms with Crippen molar-refractivity contribution in [1.29, 1.82) is 0 Å². The topological polar surface area (TPSA) is 78.2 Å². The highest BCUT2D eigenvalue weighted by Crippen LogP contribution is 2.42. The van der Waals surface area contributed by atoms with Crippen LogP contribution in [0.5, 0.6) is 0 Å². The monoisotopic (exact) mass is 561 g/mol. The van der Waals surface area contributed by atoms with Crippen molar-refractivity contribution in [3.63, 3.8) is 0 Å². The minimum Gasteiger partial charge on any atom is -0.372 e. The van der Waals surface area contributed by atoms with Gasteiger partial charge in [-0.2, -0.15) is 5.10 Å². The molecule has 3 fully saturated rings. The van der Waals surface area contributed by atoms with Gasteiger partial charge in [0.25, 0.3) is 0 Å². The SMILES string of the molecule is C[C@@H]1CN(CC(=O)N2CC(C)(C)c3c2cc(Cc2ccc(F)cc2)c2ncnn32)[C@@H](CN2CC3CCC(C2)O3)CN1. The van der Waals surface area contributed by atoms with Crippen LogP contribution in [0, 0.1) is 5.82 Å². The number of hydrogen-bond acceptors (Lipinski definition) is 7. The van der Waals surface area contributed by atoms with Gasteiger partial charge < -0.3 is 15.0 Å². The number of benzene rings is 1. The molecule has 3 aromatic rings. The lowest BCUT2D eigenvalue weighted by molar-refractivity contribution is -0.121. The summed E-state index contributed by atoms with van der Waals surface area (Å²) in [5, 5.41) is 8.24. The van der Waals surface area contributed by atoms with Gasteiger partial charge in [-0.3, -0.25) is 14.6 Å². The summed E-state index contributed by atoms with van der Waals surface area (Å²) in [6, 6.07) is 9.28. The Bertz CT molecular complexity index is 1430. The van der Waals surface area contributed by atoms with Gasteiger partial charge in [-0.25, -0.2) is 13.9 Å². The molecule has 1 amide bonds. The van der Waals surface area contributed by atoms with Crippen molar-refractivity contribution >= 4 is 17.2 Å². The van der Waals surface area contributed by atoms with E-state index in [1.165, 1.54) is 12.1 Å². The molecule has 7 rings (SSSR count). The number of aromatic nitrogens is 3. The van der Waals surface area contributed by atoms with Crippen LogP contribution in [0.25, 0.3) is 5.65 Å². The third-order valence-electron chi connectivity index (χ3n) is 9.35. The molecule has 0 radical (unpaired) electrons. The number of nitrogens with one attached hydrogen (secondary N) is 1. The van der Waals surface area contributed by atoms with Crippen LogP contribution in [0.1, 0.15) is 50.4 Å². The number of hydrogen-bond donors (Lipinski definition) is 1. The molecular formula is C31H40FN7O2. The summed E-state index contributed by atoms with van der Waals surface area (Å²) in [5.74, 6) is -0.138. The molecule has 0 spiro atoms. The fourth-order valence-corrected chi connectivity index (χ4v) is 7.41. The van der Waals surface area contributed by atoms with Crippen LogP contribution in [-0.4, -0.2) is 100 Å². The molecule has 4 aliphatic rings. The van der Waals surface area contributed by atoms with E-state index in [2.05, 4.69) is 52.0 Å². The van der Waals surface area contributed by atoms with Crippen LogP contribution in [0.2, 0.25) is 0 Å². The number of fused-ring (bicyclic) bond motifs is 5. The molecule has 2 unspecified atom stereocenters. The Morgan fingerprint density at radius 2 is 1.90 bits per heavy atom. The van der Waals surface area contributed by atoms with E-state index in [0.717, 1.165) is 73.7 Å². The molecule has 3 saturated heterocycles. The summed E-state index contributed by atoms with van der Waals surface area (Å²) in [6.07, 6.45) is 5.21. The number of morpholine rings is 1. The summed E-state index contributed by atoms with van der Waals surface area (Å²) < 4.78 is 21.5. The van der Waals surface area contributed by atoms with Crippen molar-refractivity contribution in [2.24, 2.45) is 0 Å². The van der Waals surface area contributed by atoms with Gasteiger partial charge in [0.15, 0.2) is 5.65 Å². The van der Waals surface area contributed by atoms with Crippen LogP contribution in [0.4, 0.5) is 10.1 Å². The van der Waals surface area contributed by atoms with Gasteiger partial charge in [-0.05, 0) is 43.5 Å². The maximum Gasteiger partial charge on any atom is 0.241 e. The van der Waals surface area contributed by atoms with Crippen molar-refractivity contribution in [2.75, 3.05) is 50.7 Å². The first-order valence-electron chi connectivity index (χ1n) is 15.0. The van der Waals surface area contributed by atoms with Crippen LogP contribution in [-0.2, 0) is 21.4 Å². The Labute approximate surface area is 240 Å². The summed E-state index contributed by atoms with van der Waals surface area (Å²) in [4.78, 5) is 25.6. The van der Waals surface area contributed by atoms with Crippen LogP contribution >= 0.6 is 0 Å². The highest BCUT2D eigenvalue weighted by atomic mass is 19.1. The lowest BCUT2D eigenvalue weighted by Gasteiger charge is -2.43. The van der Waals surface area contributed by atoms with E-state index in [1.54, 1.807) is 18.5 Å². The molecule has 0 saturated carbocycles. The quantitative estimate of drug-likeness (QED) is 0.496. The summed E-state index contributed by atoms with van der Waals surface area (Å²) >= 11 is 0. The first-order chi connectivity index (χ1) is 19.7. The molecule has 1 aromatic carbocycles. The predicted octanol–water partition coefficient (Wildman–Crippen LogP) is 2.61. The minimum absolute atomic E-state index is 0.116. The van der Waals surface area contributed by atoms with E-state index in [1.807, 2.05) is 9.42 Å². The van der Waals surface area contributed by atoms with Gasteiger partial charge in [0.05, 0.1) is 30.1 Å². The van der Waals surface area contributed by atoms with Crippen LogP contribution in [0.15, 0.2) is 36.7 Å². The zero-order valence-corrected chi connectivity index (χ0v) is 24.2. The number of likely N-dealkylation sites (tertiary alicyclic amines) is 1. The molecule has 4 atom stereocenters. The number of anilines is 1. The number of ether oxygens (including phenoxy) is 1. The number of halogens is 1. The molecule has 41 heavy (non-hydrogen) atoms. The number of nitrogens with zero attached hydrogens (tertiary/aromatic N) is 6. The number of amides is 1. The highest BCUT2D eigenvalue weighted by Gasteiger charge is 2.43. The molecule has 4 aliphatic heterocycles. The normalized spacial score (nSPS) is 28.0. The Balaban J connectivity index is 1.15. The summed E-state index contributed by atoms with van der Waals surface area (Å²) in [5.41, 5.74) is 4.37. The van der Waals surface area contributed by atoms with Crippen LogP contribution in [0.3, 0.4) is 0 Å². The molecule has 10 heteroatoms. The molecule has 2 aromatic heterocycles. The van der Waals surface area contributed by atoms with E-state index in [9.17, 15) is 9.18 Å². The van der Waals surface area contributed by atoms with Crippen LogP contribution < -0.4 is 10.2 Å². The van der Waals surface area contributed by atoms with Gasteiger partial charge in [0.2, 0.25) is 5.91 Å². The average Bonchev–Trinajstić information content (AvgIpc) is 3.62. The van der Waals surface area contributed by atoms with Crippen molar-refractivity contribution in [3.05, 3.63) is 59.3 Å². The van der Waals surface area contributed by atoms with Crippen molar-refractivity contribution in [3.8, 4) is 0 Å². The fourth-order valence-electron chi connectivity index (χ4n) is 7.41. The lowest BCUT2D eigenvalue weighted by Crippen LogP contribution is -2.61. The molecule has 9 nitrogen and oxygen atoms in total. The smallest absolute Gasteiger partial charge is 0.241 e. The first kappa shape index (κ1) is 26.9. The third-order valence-corrected chi connectivity index (χ3v) is 9.35. The molecule has 218 valence electrons. The van der Waals surface area contributed by atoms with Gasteiger partial charge in [0, 0.05) is 68.8 Å². The molecular weight excluding hydrogens is 521 g/mol. The summed E-state index contributed by atoms with van der Waals surface area (Å²) in [6.45, 7) is 12.2. The largest absolute Gasteiger partial charge is 0.372 e. The molecule has 2 bridgehead atoms. The maximum absolute atomic E-state index is 14.1. The zero-order valence-electron chi connectivity index (χ0n) is 24.2. The number of rotatable bonds is 6. The minimum atomic E-state index is -0.283. The van der Waals surface area contributed by atoms with E-state index < -0.39 is 0 Å². The third kappa shape index (κ3) is 5.16. The summed E-state index contributed by atoms with van der Waals surface area (Å²) in [7, 11) is 0. The number of carbonyl (C=O) groups excluding carboxylic acids is 1. The number of pyridine rings is 1. The second kappa shape index (κ2) is 10.4. The van der Waals surface area contributed by atoms with Crippen molar-refractivity contribution < 1.29 is 13.9 Å². The Morgan fingerprint density at radius 1 is 1.15 bits per heavy atom. The van der Waals surface area contributed by atoms with Gasteiger partial charge in [0.1, 0.15) is 12.1 Å². The Kier molecular flexibility index (Phi) is 6.84. The number of carbonyl (C=O) groups is 1. The van der Waals surface area contributed by atoms with Crippen molar-refractivity contribution in [1.82, 2.24) is 29.7 Å². The Hall–Kier alpha value is -2.92. The van der Waals surface area contributed by atoms with Crippen molar-refractivity contribution in [2.45, 2.75) is 69.7 Å². The molecule has 6 heterocycles.